The van der Waals surface area contributed by atoms with Crippen LogP contribution in [0.2, 0.25) is 0 Å². The van der Waals surface area contributed by atoms with Gasteiger partial charge in [-0.3, -0.25) is 4.79 Å². The molecule has 1 saturated carbocycles. The van der Waals surface area contributed by atoms with Crippen molar-refractivity contribution in [3.63, 3.8) is 0 Å². The minimum absolute atomic E-state index is 0.204. The number of Topliss-reactive ketones (excluding diaryl/α,β-unsaturated/α-hetero) is 1. The van der Waals surface area contributed by atoms with Gasteiger partial charge in [-0.1, -0.05) is 73.4 Å². The molecule has 0 bridgehead atoms. The van der Waals surface area contributed by atoms with Crippen LogP contribution in [0.15, 0.2) is 60.9 Å². The Hall–Kier alpha value is -2.79. The van der Waals surface area contributed by atoms with Crippen molar-refractivity contribution < 1.29 is 4.79 Å². The number of fused-ring (bicyclic) bond motifs is 2. The summed E-state index contributed by atoms with van der Waals surface area (Å²) in [7, 11) is 0. The summed E-state index contributed by atoms with van der Waals surface area (Å²) in [4.78, 5) is 17.7. The predicted molar refractivity (Wildman–Crippen MR) is 138 cm³/mol. The van der Waals surface area contributed by atoms with Crippen LogP contribution >= 0.6 is 11.3 Å². The molecule has 0 N–H and O–H groups in total. The van der Waals surface area contributed by atoms with Gasteiger partial charge in [-0.05, 0) is 66.7 Å². The lowest BCUT2D eigenvalue weighted by molar-refractivity contribution is 0.0971. The van der Waals surface area contributed by atoms with Crippen LogP contribution in [0.1, 0.15) is 78.8 Å². The number of nitrogens with zero attached hydrogens (tertiary/aromatic N) is 3. The summed E-state index contributed by atoms with van der Waals surface area (Å²) < 4.78 is 2.88. The molecule has 0 saturated heterocycles. The Morgan fingerprint density at radius 1 is 1.06 bits per heavy atom. The highest BCUT2D eigenvalue weighted by atomic mass is 32.1. The van der Waals surface area contributed by atoms with Gasteiger partial charge in [-0.2, -0.15) is 5.10 Å². The number of ketones is 1. The molecule has 2 aliphatic rings. The summed E-state index contributed by atoms with van der Waals surface area (Å²) in [6.07, 6.45) is 14.3. The van der Waals surface area contributed by atoms with E-state index in [1.54, 1.807) is 27.8 Å². The molecule has 0 radical (unpaired) electrons. The fourth-order valence-corrected chi connectivity index (χ4v) is 6.46. The summed E-state index contributed by atoms with van der Waals surface area (Å²) in [5.41, 5.74) is 4.76. The topological polar surface area (TPSA) is 47.8 Å². The first-order valence-corrected chi connectivity index (χ1v) is 13.6. The van der Waals surface area contributed by atoms with Crippen molar-refractivity contribution in [3.05, 3.63) is 77.6 Å². The first-order valence-electron chi connectivity index (χ1n) is 12.7. The average molecular weight is 470 g/mol. The summed E-state index contributed by atoms with van der Waals surface area (Å²) in [6.45, 7) is 0. The van der Waals surface area contributed by atoms with Crippen molar-refractivity contribution in [2.75, 3.05) is 0 Å². The first kappa shape index (κ1) is 21.7. The van der Waals surface area contributed by atoms with Gasteiger partial charge < -0.3 is 0 Å². The lowest BCUT2D eigenvalue weighted by Gasteiger charge is -2.21. The van der Waals surface area contributed by atoms with E-state index >= 15 is 0 Å². The van der Waals surface area contributed by atoms with E-state index in [4.69, 9.17) is 0 Å². The maximum absolute atomic E-state index is 13.1. The fraction of sp³-hybridized carbons (Fsp3) is 0.414. The van der Waals surface area contributed by atoms with Crippen LogP contribution in [0, 0.1) is 11.8 Å². The van der Waals surface area contributed by atoms with Gasteiger partial charge in [0.05, 0.1) is 22.0 Å². The summed E-state index contributed by atoms with van der Waals surface area (Å²) in [5.74, 6) is 2.44. The summed E-state index contributed by atoms with van der Waals surface area (Å²) >= 11 is 1.60. The van der Waals surface area contributed by atoms with Gasteiger partial charge in [0.1, 0.15) is 0 Å². The Labute approximate surface area is 205 Å². The van der Waals surface area contributed by atoms with E-state index in [1.807, 2.05) is 24.4 Å². The number of hydrogen-bond donors (Lipinski definition) is 0. The van der Waals surface area contributed by atoms with Gasteiger partial charge in [-0.25, -0.2) is 9.67 Å². The highest BCUT2D eigenvalue weighted by Crippen LogP contribution is 2.41. The molecule has 0 aliphatic heterocycles. The van der Waals surface area contributed by atoms with Crippen LogP contribution in [-0.2, 0) is 6.42 Å². The number of hydrogen-bond acceptors (Lipinski definition) is 4. The molecule has 174 valence electrons. The second kappa shape index (κ2) is 9.46. The van der Waals surface area contributed by atoms with Crippen molar-refractivity contribution in [1.29, 1.82) is 0 Å². The Morgan fingerprint density at radius 3 is 2.79 bits per heavy atom. The van der Waals surface area contributed by atoms with Gasteiger partial charge in [-0.15, -0.1) is 0 Å². The Kier molecular flexibility index (Phi) is 6.04. The van der Waals surface area contributed by atoms with E-state index in [0.717, 1.165) is 27.7 Å². The second-order valence-corrected chi connectivity index (χ2v) is 11.2. The SMILES string of the molecule is O=C(CCC(CCC1CC1)C[C@@H]1CCc2ccccc21)c1cnn(-c2nc3ccccc3s2)c1. The van der Waals surface area contributed by atoms with Crippen LogP contribution in [-0.4, -0.2) is 20.5 Å². The lowest BCUT2D eigenvalue weighted by atomic mass is 9.84. The highest BCUT2D eigenvalue weighted by molar-refractivity contribution is 7.20. The van der Waals surface area contributed by atoms with Crippen molar-refractivity contribution in [3.8, 4) is 5.13 Å². The molecule has 1 unspecified atom stereocenters. The minimum Gasteiger partial charge on any atom is -0.294 e. The smallest absolute Gasteiger partial charge is 0.211 e. The third-order valence-electron chi connectivity index (χ3n) is 7.72. The summed E-state index contributed by atoms with van der Waals surface area (Å²) in [5, 5.41) is 5.26. The van der Waals surface area contributed by atoms with E-state index in [0.29, 0.717) is 23.8 Å². The van der Waals surface area contributed by atoms with E-state index in [1.165, 1.54) is 50.5 Å². The molecule has 1 fully saturated rings. The molecular formula is C29H31N3OS. The van der Waals surface area contributed by atoms with Gasteiger partial charge in [0, 0.05) is 12.6 Å². The molecule has 6 rings (SSSR count). The fourth-order valence-electron chi connectivity index (χ4n) is 5.56. The quantitative estimate of drug-likeness (QED) is 0.228. The first-order chi connectivity index (χ1) is 16.7. The maximum atomic E-state index is 13.1. The zero-order chi connectivity index (χ0) is 22.9. The zero-order valence-electron chi connectivity index (χ0n) is 19.5. The number of benzene rings is 2. The zero-order valence-corrected chi connectivity index (χ0v) is 20.3. The van der Waals surface area contributed by atoms with Crippen molar-refractivity contribution in [1.82, 2.24) is 14.8 Å². The van der Waals surface area contributed by atoms with Crippen LogP contribution in [0.5, 0.6) is 0 Å². The van der Waals surface area contributed by atoms with Crippen molar-refractivity contribution in [2.45, 2.75) is 63.7 Å². The van der Waals surface area contributed by atoms with Crippen LogP contribution in [0.25, 0.3) is 15.3 Å². The molecule has 2 atom stereocenters. The van der Waals surface area contributed by atoms with Crippen molar-refractivity contribution in [2.24, 2.45) is 11.8 Å². The molecule has 2 heterocycles. The maximum Gasteiger partial charge on any atom is 0.211 e. The van der Waals surface area contributed by atoms with Gasteiger partial charge in [0.25, 0.3) is 0 Å². The minimum atomic E-state index is 0.204. The standard InChI is InChI=1S/C29H31N3OS/c33-27(24-18-30-32(19-24)29-31-26-7-3-4-8-28(26)34-29)16-13-21(12-11-20-9-10-20)17-23-15-14-22-5-1-2-6-25(22)23/h1-8,18-21,23H,9-17H2/t21?,23-/m0/s1. The molecule has 2 aromatic carbocycles. The van der Waals surface area contributed by atoms with E-state index in [-0.39, 0.29) is 5.78 Å². The molecule has 34 heavy (non-hydrogen) atoms. The second-order valence-electron chi connectivity index (χ2n) is 10.2. The number of thiazole rings is 1. The molecule has 0 spiro atoms. The van der Waals surface area contributed by atoms with Crippen LogP contribution in [0.4, 0.5) is 0 Å². The Morgan fingerprint density at radius 2 is 1.91 bits per heavy atom. The number of aryl methyl sites for hydroxylation is 1. The molecule has 2 aliphatic carbocycles. The van der Waals surface area contributed by atoms with Gasteiger partial charge in [0.2, 0.25) is 5.13 Å². The molecular weight excluding hydrogens is 438 g/mol. The van der Waals surface area contributed by atoms with Gasteiger partial charge >= 0.3 is 0 Å². The van der Waals surface area contributed by atoms with Crippen LogP contribution in [0.3, 0.4) is 0 Å². The molecule has 5 heteroatoms. The van der Waals surface area contributed by atoms with Gasteiger partial charge in [0.15, 0.2) is 5.78 Å². The van der Waals surface area contributed by atoms with Crippen molar-refractivity contribution >= 4 is 27.3 Å². The van der Waals surface area contributed by atoms with E-state index in [9.17, 15) is 4.79 Å². The highest BCUT2D eigenvalue weighted by Gasteiger charge is 2.28. The van der Waals surface area contributed by atoms with E-state index in [2.05, 4.69) is 40.4 Å². The molecule has 2 aromatic heterocycles. The molecule has 0 amide bonds. The lowest BCUT2D eigenvalue weighted by Crippen LogP contribution is -2.10. The van der Waals surface area contributed by atoms with E-state index < -0.39 is 0 Å². The van der Waals surface area contributed by atoms with Crippen LogP contribution < -0.4 is 0 Å². The Balaban J connectivity index is 1.11. The number of carbonyl (C=O) groups excluding carboxylic acids is 1. The summed E-state index contributed by atoms with van der Waals surface area (Å²) in [6, 6.07) is 17.1. The average Bonchev–Trinajstić information content (AvgIpc) is 3.25. The number of rotatable bonds is 10. The largest absolute Gasteiger partial charge is 0.294 e. The predicted octanol–water partition coefficient (Wildman–Crippen LogP) is 7.37. The monoisotopic (exact) mass is 469 g/mol. The number of carbonyl (C=O) groups is 1. The number of para-hydroxylation sites is 1. The normalized spacial score (nSPS) is 18.3. The number of aromatic nitrogens is 3. The molecule has 4 aromatic rings. The Bertz CT molecular complexity index is 1270. The molecule has 4 nitrogen and oxygen atoms in total. The third kappa shape index (κ3) is 4.72. The third-order valence-corrected chi connectivity index (χ3v) is 8.74.